The SMILES string of the molecule is COc1ccc(-n2nnnc2C(F)(F)F)cc1CN1CC(C(c2ccccc2)c2ccccc2)NC(=O)C1(C)C. The molecular weight excluding hydrogens is 521 g/mol. The molecule has 1 aliphatic heterocycles. The lowest BCUT2D eigenvalue weighted by molar-refractivity contribution is -0.146. The van der Waals surface area contributed by atoms with Gasteiger partial charge in [0.15, 0.2) is 0 Å². The second-order valence-corrected chi connectivity index (χ2v) is 10.2. The highest BCUT2D eigenvalue weighted by molar-refractivity contribution is 5.86. The van der Waals surface area contributed by atoms with E-state index in [-0.39, 0.29) is 30.1 Å². The van der Waals surface area contributed by atoms with Gasteiger partial charge < -0.3 is 10.1 Å². The number of carbonyl (C=O) groups excluding carboxylic acids is 1. The minimum absolute atomic E-state index is 0.117. The largest absolute Gasteiger partial charge is 0.496 e. The zero-order chi connectivity index (χ0) is 28.5. The average molecular weight is 551 g/mol. The van der Waals surface area contributed by atoms with Crippen molar-refractivity contribution in [1.29, 1.82) is 0 Å². The van der Waals surface area contributed by atoms with Crippen molar-refractivity contribution in [2.45, 2.75) is 44.1 Å². The molecule has 1 aromatic heterocycles. The molecule has 11 heteroatoms. The van der Waals surface area contributed by atoms with E-state index < -0.39 is 17.5 Å². The van der Waals surface area contributed by atoms with Crippen LogP contribution in [0.2, 0.25) is 0 Å². The summed E-state index contributed by atoms with van der Waals surface area (Å²) < 4.78 is 46.7. The number of nitrogens with zero attached hydrogens (tertiary/aromatic N) is 5. The van der Waals surface area contributed by atoms with E-state index >= 15 is 0 Å². The smallest absolute Gasteiger partial charge is 0.453 e. The molecule has 40 heavy (non-hydrogen) atoms. The predicted octanol–water partition coefficient (Wildman–Crippen LogP) is 4.60. The minimum Gasteiger partial charge on any atom is -0.496 e. The lowest BCUT2D eigenvalue weighted by atomic mass is 9.82. The van der Waals surface area contributed by atoms with Crippen molar-refractivity contribution in [2.75, 3.05) is 13.7 Å². The number of hydrogen-bond donors (Lipinski definition) is 1. The Labute approximate surface area is 229 Å². The van der Waals surface area contributed by atoms with Crippen LogP contribution in [0.4, 0.5) is 13.2 Å². The zero-order valence-corrected chi connectivity index (χ0v) is 22.3. The number of amides is 1. The third kappa shape index (κ3) is 5.29. The second kappa shape index (κ2) is 10.7. The van der Waals surface area contributed by atoms with Gasteiger partial charge in [-0.3, -0.25) is 9.69 Å². The fraction of sp³-hybridized carbons (Fsp3) is 0.310. The number of halogens is 3. The molecule has 5 rings (SSSR count). The van der Waals surface area contributed by atoms with Gasteiger partial charge in [-0.25, -0.2) is 0 Å². The molecule has 1 amide bonds. The summed E-state index contributed by atoms with van der Waals surface area (Å²) in [4.78, 5) is 15.5. The van der Waals surface area contributed by atoms with Crippen LogP contribution in [0.5, 0.6) is 5.75 Å². The fourth-order valence-electron chi connectivity index (χ4n) is 5.19. The number of rotatable bonds is 7. The number of methoxy groups -OCH3 is 1. The molecule has 3 aromatic carbocycles. The topological polar surface area (TPSA) is 85.2 Å². The Kier molecular flexibility index (Phi) is 7.33. The molecule has 1 aliphatic rings. The molecule has 2 heterocycles. The summed E-state index contributed by atoms with van der Waals surface area (Å²) in [5.74, 6) is -1.01. The minimum atomic E-state index is -4.73. The van der Waals surface area contributed by atoms with Gasteiger partial charge in [-0.1, -0.05) is 60.7 Å². The van der Waals surface area contributed by atoms with Gasteiger partial charge in [0.05, 0.1) is 24.4 Å². The summed E-state index contributed by atoms with van der Waals surface area (Å²) in [6.07, 6.45) is -4.73. The molecule has 1 saturated heterocycles. The van der Waals surface area contributed by atoms with Gasteiger partial charge in [-0.05, 0) is 53.6 Å². The molecule has 1 atom stereocenters. The van der Waals surface area contributed by atoms with Gasteiger partial charge >= 0.3 is 6.18 Å². The van der Waals surface area contributed by atoms with Gasteiger partial charge in [0.1, 0.15) is 5.75 Å². The molecule has 208 valence electrons. The van der Waals surface area contributed by atoms with E-state index in [1.165, 1.54) is 13.2 Å². The van der Waals surface area contributed by atoms with Crippen molar-refractivity contribution in [1.82, 2.24) is 30.4 Å². The van der Waals surface area contributed by atoms with Crippen LogP contribution in [-0.2, 0) is 17.5 Å². The molecule has 0 spiro atoms. The van der Waals surface area contributed by atoms with E-state index in [2.05, 4.69) is 20.8 Å². The number of hydrogen-bond acceptors (Lipinski definition) is 6. The summed E-state index contributed by atoms with van der Waals surface area (Å²) in [7, 11) is 1.49. The predicted molar refractivity (Wildman–Crippen MR) is 142 cm³/mol. The number of benzene rings is 3. The Morgan fingerprint density at radius 1 is 1.02 bits per heavy atom. The molecule has 0 bridgehead atoms. The number of ether oxygens (including phenoxy) is 1. The van der Waals surface area contributed by atoms with Crippen LogP contribution in [-0.4, -0.2) is 56.2 Å². The molecule has 0 aliphatic carbocycles. The van der Waals surface area contributed by atoms with E-state index in [0.29, 0.717) is 22.5 Å². The highest BCUT2D eigenvalue weighted by atomic mass is 19.4. The highest BCUT2D eigenvalue weighted by Crippen LogP contribution is 2.35. The standard InChI is InChI=1S/C29H29F3N6O2/c1-28(2)27(39)33-23(25(19-10-6-4-7-11-19)20-12-8-5-9-13-20)18-37(28)17-21-16-22(14-15-24(21)40-3)38-26(29(30,31)32)34-35-36-38/h4-16,23,25H,17-18H2,1-3H3,(H,33,39). The number of carbonyl (C=O) groups is 1. The number of tetrazole rings is 1. The Hall–Kier alpha value is -4.25. The number of nitrogens with one attached hydrogen (secondary N) is 1. The third-order valence-corrected chi connectivity index (χ3v) is 7.39. The maximum Gasteiger partial charge on any atom is 0.453 e. The Morgan fingerprint density at radius 2 is 1.65 bits per heavy atom. The molecule has 4 aromatic rings. The van der Waals surface area contributed by atoms with Crippen molar-refractivity contribution in [3.05, 3.63) is 101 Å². The Morgan fingerprint density at radius 3 is 2.23 bits per heavy atom. The Bertz CT molecular complexity index is 1430. The first-order valence-corrected chi connectivity index (χ1v) is 12.8. The summed E-state index contributed by atoms with van der Waals surface area (Å²) in [6, 6.07) is 24.3. The molecule has 8 nitrogen and oxygen atoms in total. The molecular formula is C29H29F3N6O2. The van der Waals surface area contributed by atoms with Gasteiger partial charge in [0, 0.05) is 24.6 Å². The van der Waals surface area contributed by atoms with Crippen molar-refractivity contribution in [3.8, 4) is 11.4 Å². The summed E-state index contributed by atoms with van der Waals surface area (Å²) >= 11 is 0. The van der Waals surface area contributed by atoms with E-state index in [1.54, 1.807) is 12.1 Å². The first-order valence-electron chi connectivity index (χ1n) is 12.8. The van der Waals surface area contributed by atoms with Crippen molar-refractivity contribution in [2.24, 2.45) is 0 Å². The summed E-state index contributed by atoms with van der Waals surface area (Å²) in [5.41, 5.74) is 1.96. The van der Waals surface area contributed by atoms with E-state index in [9.17, 15) is 18.0 Å². The van der Waals surface area contributed by atoms with Crippen LogP contribution < -0.4 is 10.1 Å². The zero-order valence-electron chi connectivity index (χ0n) is 22.3. The van der Waals surface area contributed by atoms with Gasteiger partial charge in [0.25, 0.3) is 5.82 Å². The maximum absolute atomic E-state index is 13.5. The van der Waals surface area contributed by atoms with E-state index in [4.69, 9.17) is 4.74 Å². The monoisotopic (exact) mass is 550 g/mol. The van der Waals surface area contributed by atoms with Crippen LogP contribution >= 0.6 is 0 Å². The average Bonchev–Trinajstić information content (AvgIpc) is 3.44. The molecule has 1 unspecified atom stereocenters. The van der Waals surface area contributed by atoms with Crippen LogP contribution in [0.3, 0.4) is 0 Å². The maximum atomic E-state index is 13.5. The Balaban J connectivity index is 1.51. The lowest BCUT2D eigenvalue weighted by Gasteiger charge is -2.47. The van der Waals surface area contributed by atoms with Crippen molar-refractivity contribution in [3.63, 3.8) is 0 Å². The van der Waals surface area contributed by atoms with Crippen LogP contribution in [0, 0.1) is 0 Å². The van der Waals surface area contributed by atoms with Gasteiger partial charge in [-0.2, -0.15) is 17.9 Å². The summed E-state index contributed by atoms with van der Waals surface area (Å²) in [6.45, 7) is 4.39. The number of aromatic nitrogens is 4. The van der Waals surface area contributed by atoms with Crippen LogP contribution in [0.1, 0.15) is 42.3 Å². The second-order valence-electron chi connectivity index (χ2n) is 10.2. The first kappa shape index (κ1) is 27.3. The lowest BCUT2D eigenvalue weighted by Crippen LogP contribution is -2.66. The number of alkyl halides is 3. The fourth-order valence-corrected chi connectivity index (χ4v) is 5.19. The molecule has 0 saturated carbocycles. The van der Waals surface area contributed by atoms with Gasteiger partial charge in [-0.15, -0.1) is 5.10 Å². The molecule has 0 radical (unpaired) electrons. The van der Waals surface area contributed by atoms with E-state index in [1.807, 2.05) is 79.4 Å². The van der Waals surface area contributed by atoms with Crippen molar-refractivity contribution >= 4 is 5.91 Å². The van der Waals surface area contributed by atoms with Crippen molar-refractivity contribution < 1.29 is 22.7 Å². The first-order chi connectivity index (χ1) is 19.1. The van der Waals surface area contributed by atoms with E-state index in [0.717, 1.165) is 11.1 Å². The summed E-state index contributed by atoms with van der Waals surface area (Å²) in [5, 5.41) is 13.2. The third-order valence-electron chi connectivity index (χ3n) is 7.39. The molecule has 1 fully saturated rings. The number of piperazine rings is 1. The van der Waals surface area contributed by atoms with Crippen LogP contribution in [0.15, 0.2) is 78.9 Å². The quantitative estimate of drug-likeness (QED) is 0.362. The van der Waals surface area contributed by atoms with Gasteiger partial charge in [0.2, 0.25) is 5.91 Å². The van der Waals surface area contributed by atoms with Crippen LogP contribution in [0.25, 0.3) is 5.69 Å². The highest BCUT2D eigenvalue weighted by Gasteiger charge is 2.44. The molecule has 1 N–H and O–H groups in total. The normalized spacial score (nSPS) is 17.6.